The van der Waals surface area contributed by atoms with Crippen molar-refractivity contribution in [2.45, 2.75) is 32.6 Å². The molecule has 142 valence electrons. The van der Waals surface area contributed by atoms with E-state index < -0.39 is 0 Å². The lowest BCUT2D eigenvalue weighted by Gasteiger charge is -2.42. The highest BCUT2D eigenvalue weighted by Gasteiger charge is 2.38. The molecular formula is C23H23N3OS. The van der Waals surface area contributed by atoms with Crippen LogP contribution in [0.15, 0.2) is 59.1 Å². The van der Waals surface area contributed by atoms with E-state index in [9.17, 15) is 10.1 Å². The largest absolute Gasteiger partial charge is 0.344 e. The van der Waals surface area contributed by atoms with E-state index in [2.05, 4.69) is 42.2 Å². The third-order valence-electron chi connectivity index (χ3n) is 5.48. The molecular weight excluding hydrogens is 366 g/mol. The highest BCUT2D eigenvalue weighted by atomic mass is 32.2. The normalized spacial score (nSPS) is 19.5. The fourth-order valence-electron chi connectivity index (χ4n) is 3.75. The van der Waals surface area contributed by atoms with Gasteiger partial charge in [0.1, 0.15) is 0 Å². The minimum atomic E-state index is -0.146. The van der Waals surface area contributed by atoms with Gasteiger partial charge < -0.3 is 4.90 Å². The average Bonchev–Trinajstić information content (AvgIpc) is 2.74. The molecule has 2 aromatic carbocycles. The molecule has 1 fully saturated rings. The van der Waals surface area contributed by atoms with Gasteiger partial charge in [0.2, 0.25) is 5.91 Å². The average molecular weight is 390 g/mol. The Balaban J connectivity index is 1.62. The molecule has 0 radical (unpaired) electrons. The second-order valence-corrected chi connectivity index (χ2v) is 8.23. The van der Waals surface area contributed by atoms with Crippen LogP contribution >= 0.6 is 11.8 Å². The van der Waals surface area contributed by atoms with Crippen LogP contribution in [0.4, 0.5) is 5.69 Å². The van der Waals surface area contributed by atoms with E-state index in [1.54, 1.807) is 16.7 Å². The molecule has 4 rings (SSSR count). The quantitative estimate of drug-likeness (QED) is 0.758. The van der Waals surface area contributed by atoms with E-state index in [1.165, 1.54) is 11.1 Å². The summed E-state index contributed by atoms with van der Waals surface area (Å²) in [6.45, 7) is 4.68. The van der Waals surface area contributed by atoms with Gasteiger partial charge >= 0.3 is 0 Å². The number of amides is 1. The number of nitrogens with zero attached hydrogens (tertiary/aromatic N) is 3. The van der Waals surface area contributed by atoms with E-state index in [0.717, 1.165) is 34.2 Å². The summed E-state index contributed by atoms with van der Waals surface area (Å²) < 4.78 is 0. The van der Waals surface area contributed by atoms with Crippen molar-refractivity contribution in [3.8, 4) is 6.07 Å². The zero-order valence-electron chi connectivity index (χ0n) is 16.2. The summed E-state index contributed by atoms with van der Waals surface area (Å²) in [6.07, 6.45) is 1.36. The van der Waals surface area contributed by atoms with Gasteiger partial charge in [-0.2, -0.15) is 5.26 Å². The molecule has 0 aliphatic carbocycles. The van der Waals surface area contributed by atoms with Crippen molar-refractivity contribution in [3.63, 3.8) is 0 Å². The predicted molar refractivity (Wildman–Crippen MR) is 114 cm³/mol. The molecule has 28 heavy (non-hydrogen) atoms. The number of aryl methyl sites for hydroxylation is 2. The number of hydrogen-bond acceptors (Lipinski definition) is 4. The smallest absolute Gasteiger partial charge is 0.229 e. The van der Waals surface area contributed by atoms with E-state index >= 15 is 0 Å². The van der Waals surface area contributed by atoms with Crippen molar-refractivity contribution < 1.29 is 4.79 Å². The Hall–Kier alpha value is -2.71. The van der Waals surface area contributed by atoms with E-state index in [4.69, 9.17) is 0 Å². The maximum Gasteiger partial charge on any atom is 0.229 e. The Bertz CT molecular complexity index is 957. The first-order chi connectivity index (χ1) is 13.6. The Morgan fingerprint density at radius 2 is 1.86 bits per heavy atom. The Kier molecular flexibility index (Phi) is 5.15. The fourth-order valence-corrected chi connectivity index (χ4v) is 4.92. The molecule has 0 N–H and O–H groups in total. The molecule has 0 saturated carbocycles. The zero-order valence-corrected chi connectivity index (χ0v) is 17.0. The lowest BCUT2D eigenvalue weighted by Crippen LogP contribution is -2.47. The molecule has 0 spiro atoms. The third kappa shape index (κ3) is 3.41. The minimum Gasteiger partial charge on any atom is -0.344 e. The summed E-state index contributed by atoms with van der Waals surface area (Å²) in [5, 5.41) is 10.7. The summed E-state index contributed by atoms with van der Waals surface area (Å²) >= 11 is 1.59. The van der Waals surface area contributed by atoms with Gasteiger partial charge in [0.25, 0.3) is 0 Å². The molecule has 1 saturated heterocycles. The number of rotatable bonds is 3. The van der Waals surface area contributed by atoms with Crippen LogP contribution in [-0.4, -0.2) is 23.4 Å². The van der Waals surface area contributed by atoms with Crippen LogP contribution < -0.4 is 4.90 Å². The van der Waals surface area contributed by atoms with Gasteiger partial charge in [0.15, 0.2) is 0 Å². The lowest BCUT2D eigenvalue weighted by molar-refractivity contribution is -0.129. The van der Waals surface area contributed by atoms with Crippen LogP contribution in [0.2, 0.25) is 0 Å². The Morgan fingerprint density at radius 1 is 1.14 bits per heavy atom. The van der Waals surface area contributed by atoms with Gasteiger partial charge in [-0.3, -0.25) is 9.69 Å². The predicted octanol–water partition coefficient (Wildman–Crippen LogP) is 4.78. The molecule has 0 aromatic heterocycles. The summed E-state index contributed by atoms with van der Waals surface area (Å²) in [4.78, 5) is 16.9. The lowest BCUT2D eigenvalue weighted by atomic mass is 9.86. The summed E-state index contributed by atoms with van der Waals surface area (Å²) in [5.74, 6) is 0.672. The molecule has 2 aliphatic rings. The van der Waals surface area contributed by atoms with Crippen molar-refractivity contribution in [1.29, 1.82) is 5.26 Å². The second-order valence-electron chi connectivity index (χ2n) is 7.29. The van der Waals surface area contributed by atoms with Gasteiger partial charge in [0.05, 0.1) is 29.2 Å². The first-order valence-electron chi connectivity index (χ1n) is 9.58. The van der Waals surface area contributed by atoms with Gasteiger partial charge in [0, 0.05) is 18.0 Å². The molecule has 1 amide bonds. The standard InChI is InChI=1S/C23H23N3OS/c1-3-17-6-10-19(11-7-17)25-14-26-22(27)12-20(18-8-4-16(2)5-9-18)21(13-24)23(26)28-15-25/h4-11,20H,3,12,14-15H2,1-2H3/t20-/m1/s1. The third-order valence-corrected chi connectivity index (χ3v) is 6.64. The molecule has 2 aromatic rings. The van der Waals surface area contributed by atoms with E-state index in [-0.39, 0.29) is 11.8 Å². The molecule has 2 aliphatic heterocycles. The molecule has 0 bridgehead atoms. The van der Waals surface area contributed by atoms with Crippen LogP contribution in [0.3, 0.4) is 0 Å². The number of carbonyl (C=O) groups is 1. The SMILES string of the molecule is CCc1ccc(N2CSC3=C(C#N)[C@@H](c4ccc(C)cc4)CC(=O)N3C2)cc1. The van der Waals surface area contributed by atoms with Crippen LogP contribution in [0.25, 0.3) is 0 Å². The van der Waals surface area contributed by atoms with Crippen LogP contribution in [0.1, 0.15) is 36.0 Å². The molecule has 5 heteroatoms. The number of hydrogen-bond donors (Lipinski definition) is 0. The minimum absolute atomic E-state index is 0.0851. The van der Waals surface area contributed by atoms with Gasteiger partial charge in [-0.1, -0.05) is 60.6 Å². The number of anilines is 1. The number of thioether (sulfide) groups is 1. The maximum absolute atomic E-state index is 13.0. The number of fused-ring (bicyclic) bond motifs is 1. The van der Waals surface area contributed by atoms with Crippen molar-refractivity contribution in [2.24, 2.45) is 0 Å². The van der Waals surface area contributed by atoms with Gasteiger partial charge in [-0.25, -0.2) is 0 Å². The number of carbonyl (C=O) groups excluding carboxylic acids is 1. The second kappa shape index (κ2) is 7.73. The Morgan fingerprint density at radius 3 is 2.50 bits per heavy atom. The van der Waals surface area contributed by atoms with E-state index in [0.29, 0.717) is 13.1 Å². The molecule has 4 nitrogen and oxygen atoms in total. The maximum atomic E-state index is 13.0. The fraction of sp³-hybridized carbons (Fsp3) is 0.304. The topological polar surface area (TPSA) is 47.3 Å². The summed E-state index contributed by atoms with van der Waals surface area (Å²) in [5.41, 5.74) is 5.34. The highest BCUT2D eigenvalue weighted by molar-refractivity contribution is 8.03. The van der Waals surface area contributed by atoms with E-state index in [1.807, 2.05) is 31.2 Å². The highest BCUT2D eigenvalue weighted by Crippen LogP contribution is 2.43. The number of allylic oxidation sites excluding steroid dienone is 1. The molecule has 0 unspecified atom stereocenters. The van der Waals surface area contributed by atoms with Crippen molar-refractivity contribution >= 4 is 23.4 Å². The molecule has 2 heterocycles. The number of benzene rings is 2. The zero-order chi connectivity index (χ0) is 19.7. The monoisotopic (exact) mass is 389 g/mol. The van der Waals surface area contributed by atoms with Gasteiger partial charge in [-0.15, -0.1) is 0 Å². The molecule has 1 atom stereocenters. The van der Waals surface area contributed by atoms with Crippen LogP contribution in [-0.2, 0) is 11.2 Å². The Labute approximate surface area is 170 Å². The van der Waals surface area contributed by atoms with Crippen molar-refractivity contribution in [1.82, 2.24) is 4.90 Å². The number of nitriles is 1. The van der Waals surface area contributed by atoms with Crippen LogP contribution in [0.5, 0.6) is 0 Å². The van der Waals surface area contributed by atoms with Crippen molar-refractivity contribution in [3.05, 3.63) is 75.8 Å². The van der Waals surface area contributed by atoms with Crippen molar-refractivity contribution in [2.75, 3.05) is 17.4 Å². The first-order valence-corrected chi connectivity index (χ1v) is 10.6. The summed E-state index contributed by atoms with van der Waals surface area (Å²) in [6, 6.07) is 19.1. The first kappa shape index (κ1) is 18.6. The van der Waals surface area contributed by atoms with Gasteiger partial charge in [-0.05, 0) is 36.6 Å². The summed E-state index contributed by atoms with van der Waals surface area (Å²) in [7, 11) is 0. The van der Waals surface area contributed by atoms with Crippen LogP contribution in [0, 0.1) is 18.3 Å².